The number of aliphatic imine (C=N–C) groups is 1. The molecule has 0 fully saturated rings. The predicted octanol–water partition coefficient (Wildman–Crippen LogP) is 3.49. The Bertz CT molecular complexity index is 598. The second-order valence-electron chi connectivity index (χ2n) is 6.75. The molecule has 0 amide bonds. The summed E-state index contributed by atoms with van der Waals surface area (Å²) in [5.74, 6) is 3.35. The van der Waals surface area contributed by atoms with Gasteiger partial charge in [-0.2, -0.15) is 0 Å². The Labute approximate surface area is 192 Å². The van der Waals surface area contributed by atoms with Gasteiger partial charge in [-0.3, -0.25) is 4.99 Å². The molecule has 1 aromatic carbocycles. The van der Waals surface area contributed by atoms with E-state index in [0.29, 0.717) is 23.2 Å². The van der Waals surface area contributed by atoms with Gasteiger partial charge in [0.1, 0.15) is 0 Å². The maximum absolute atomic E-state index is 5.60. The minimum atomic E-state index is 0. The highest BCUT2D eigenvalue weighted by molar-refractivity contribution is 14.0. The molecule has 0 aliphatic carbocycles. The number of ether oxygens (including phenoxy) is 4. The number of hydrogen-bond donors (Lipinski definition) is 2. The SMILES string of the molecule is CCNC(=NCCCOCC(C)C)NCCc1ccc(OC)c(OC)c1OC.I. The summed E-state index contributed by atoms with van der Waals surface area (Å²) in [4.78, 5) is 4.60. The lowest BCUT2D eigenvalue weighted by Crippen LogP contribution is -2.38. The molecule has 29 heavy (non-hydrogen) atoms. The van der Waals surface area contributed by atoms with Crippen LogP contribution < -0.4 is 24.8 Å². The third-order valence-corrected chi connectivity index (χ3v) is 3.98. The summed E-state index contributed by atoms with van der Waals surface area (Å²) in [6.45, 7) is 10.2. The first-order valence-electron chi connectivity index (χ1n) is 9.95. The van der Waals surface area contributed by atoms with Crippen LogP contribution >= 0.6 is 24.0 Å². The van der Waals surface area contributed by atoms with Gasteiger partial charge in [0.2, 0.25) is 5.75 Å². The van der Waals surface area contributed by atoms with Crippen molar-refractivity contribution >= 4 is 29.9 Å². The largest absolute Gasteiger partial charge is 0.493 e. The molecule has 1 rings (SSSR count). The van der Waals surface area contributed by atoms with Crippen LogP contribution in [0, 0.1) is 5.92 Å². The van der Waals surface area contributed by atoms with Gasteiger partial charge in [0.15, 0.2) is 17.5 Å². The van der Waals surface area contributed by atoms with Crippen LogP contribution in [-0.2, 0) is 11.2 Å². The van der Waals surface area contributed by atoms with Crippen LogP contribution in [0.15, 0.2) is 17.1 Å². The van der Waals surface area contributed by atoms with Crippen molar-refractivity contribution in [2.24, 2.45) is 10.9 Å². The van der Waals surface area contributed by atoms with Gasteiger partial charge in [-0.1, -0.05) is 19.9 Å². The molecule has 0 saturated carbocycles. The van der Waals surface area contributed by atoms with Crippen LogP contribution in [0.3, 0.4) is 0 Å². The zero-order valence-electron chi connectivity index (χ0n) is 18.7. The first-order chi connectivity index (χ1) is 13.6. The molecule has 0 spiro atoms. The average Bonchev–Trinajstić information content (AvgIpc) is 2.69. The zero-order chi connectivity index (χ0) is 20.8. The summed E-state index contributed by atoms with van der Waals surface area (Å²) in [5, 5.41) is 6.64. The summed E-state index contributed by atoms with van der Waals surface area (Å²) in [6.07, 6.45) is 1.68. The number of rotatable bonds is 13. The lowest BCUT2D eigenvalue weighted by molar-refractivity contribution is 0.109. The fraction of sp³-hybridized carbons (Fsp3) is 0.667. The van der Waals surface area contributed by atoms with Crippen molar-refractivity contribution in [3.05, 3.63) is 17.7 Å². The Balaban J connectivity index is 0.00000784. The second-order valence-corrected chi connectivity index (χ2v) is 6.75. The fourth-order valence-corrected chi connectivity index (χ4v) is 2.69. The number of nitrogens with one attached hydrogen (secondary N) is 2. The van der Waals surface area contributed by atoms with E-state index in [-0.39, 0.29) is 24.0 Å². The highest BCUT2D eigenvalue weighted by Gasteiger charge is 2.15. The van der Waals surface area contributed by atoms with E-state index >= 15 is 0 Å². The van der Waals surface area contributed by atoms with Gasteiger partial charge in [-0.15, -0.1) is 24.0 Å². The van der Waals surface area contributed by atoms with Gasteiger partial charge >= 0.3 is 0 Å². The molecule has 0 radical (unpaired) electrons. The smallest absolute Gasteiger partial charge is 0.203 e. The van der Waals surface area contributed by atoms with Crippen molar-refractivity contribution in [3.8, 4) is 17.2 Å². The van der Waals surface area contributed by atoms with E-state index in [1.54, 1.807) is 21.3 Å². The van der Waals surface area contributed by atoms with Crippen LogP contribution in [0.5, 0.6) is 17.2 Å². The Morgan fingerprint density at radius 2 is 1.76 bits per heavy atom. The molecule has 168 valence electrons. The molecule has 7 nitrogen and oxygen atoms in total. The summed E-state index contributed by atoms with van der Waals surface area (Å²) < 4.78 is 21.9. The fourth-order valence-electron chi connectivity index (χ4n) is 2.69. The molecule has 0 bridgehead atoms. The van der Waals surface area contributed by atoms with Crippen molar-refractivity contribution in [1.82, 2.24) is 10.6 Å². The quantitative estimate of drug-likeness (QED) is 0.179. The van der Waals surface area contributed by atoms with Crippen LogP contribution in [-0.4, -0.2) is 60.1 Å². The number of hydrogen-bond acceptors (Lipinski definition) is 5. The maximum Gasteiger partial charge on any atom is 0.203 e. The van der Waals surface area contributed by atoms with Crippen LogP contribution in [0.2, 0.25) is 0 Å². The maximum atomic E-state index is 5.60. The minimum absolute atomic E-state index is 0. The molecule has 0 atom stereocenters. The molecule has 0 unspecified atom stereocenters. The van der Waals surface area contributed by atoms with Gasteiger partial charge in [0.25, 0.3) is 0 Å². The highest BCUT2D eigenvalue weighted by atomic mass is 127. The molecular weight excluding hydrogens is 485 g/mol. The third kappa shape index (κ3) is 10.3. The van der Waals surface area contributed by atoms with E-state index < -0.39 is 0 Å². The van der Waals surface area contributed by atoms with Crippen LogP contribution in [0.1, 0.15) is 32.8 Å². The summed E-state index contributed by atoms with van der Waals surface area (Å²) in [5.41, 5.74) is 1.05. The van der Waals surface area contributed by atoms with E-state index in [4.69, 9.17) is 18.9 Å². The molecule has 0 aliphatic heterocycles. The number of guanidine groups is 1. The summed E-state index contributed by atoms with van der Waals surface area (Å²) in [6, 6.07) is 3.89. The monoisotopic (exact) mass is 523 g/mol. The first kappa shape index (κ1) is 27.6. The Hall–Kier alpha value is -1.42. The molecule has 0 aromatic heterocycles. The average molecular weight is 523 g/mol. The first-order valence-corrected chi connectivity index (χ1v) is 9.95. The van der Waals surface area contributed by atoms with Gasteiger partial charge in [-0.25, -0.2) is 0 Å². The van der Waals surface area contributed by atoms with Crippen molar-refractivity contribution in [1.29, 1.82) is 0 Å². The topological polar surface area (TPSA) is 73.3 Å². The zero-order valence-corrected chi connectivity index (χ0v) is 21.0. The Morgan fingerprint density at radius 3 is 2.34 bits per heavy atom. The number of methoxy groups -OCH3 is 3. The van der Waals surface area contributed by atoms with Gasteiger partial charge in [-0.05, 0) is 31.7 Å². The normalized spacial score (nSPS) is 11.1. The molecule has 0 saturated heterocycles. The molecule has 0 heterocycles. The van der Waals surface area contributed by atoms with Crippen LogP contribution in [0.25, 0.3) is 0 Å². The van der Waals surface area contributed by atoms with E-state index in [9.17, 15) is 0 Å². The number of halogens is 1. The van der Waals surface area contributed by atoms with E-state index in [0.717, 1.165) is 57.2 Å². The van der Waals surface area contributed by atoms with Crippen molar-refractivity contribution in [3.63, 3.8) is 0 Å². The number of nitrogens with zero attached hydrogens (tertiary/aromatic N) is 1. The highest BCUT2D eigenvalue weighted by Crippen LogP contribution is 2.39. The van der Waals surface area contributed by atoms with Crippen molar-refractivity contribution < 1.29 is 18.9 Å². The van der Waals surface area contributed by atoms with Crippen molar-refractivity contribution in [2.45, 2.75) is 33.6 Å². The van der Waals surface area contributed by atoms with Crippen molar-refractivity contribution in [2.75, 3.05) is 54.2 Å². The molecule has 8 heteroatoms. The van der Waals surface area contributed by atoms with E-state index in [2.05, 4.69) is 36.4 Å². The second kappa shape index (κ2) is 16.4. The van der Waals surface area contributed by atoms with Gasteiger partial charge < -0.3 is 29.6 Å². The van der Waals surface area contributed by atoms with Gasteiger partial charge in [0, 0.05) is 38.4 Å². The van der Waals surface area contributed by atoms with Gasteiger partial charge in [0.05, 0.1) is 21.3 Å². The standard InChI is InChI=1S/C21H37N3O4.HI/c1-7-22-21(23-12-8-14-28-15-16(2)3)24-13-11-17-9-10-18(25-4)20(27-6)19(17)26-5;/h9-10,16H,7-8,11-15H2,1-6H3,(H2,22,23,24);1H. The minimum Gasteiger partial charge on any atom is -0.493 e. The molecule has 0 aliphatic rings. The third-order valence-electron chi connectivity index (χ3n) is 3.98. The lowest BCUT2D eigenvalue weighted by atomic mass is 10.1. The van der Waals surface area contributed by atoms with E-state index in [1.165, 1.54) is 0 Å². The predicted molar refractivity (Wildman–Crippen MR) is 129 cm³/mol. The molecular formula is C21H38IN3O4. The summed E-state index contributed by atoms with van der Waals surface area (Å²) >= 11 is 0. The summed E-state index contributed by atoms with van der Waals surface area (Å²) in [7, 11) is 4.87. The molecule has 1 aromatic rings. The number of benzene rings is 1. The lowest BCUT2D eigenvalue weighted by Gasteiger charge is -2.16. The van der Waals surface area contributed by atoms with E-state index in [1.807, 2.05) is 12.1 Å². The van der Waals surface area contributed by atoms with Crippen LogP contribution in [0.4, 0.5) is 0 Å². The Kier molecular flexibility index (Phi) is 15.6. The Morgan fingerprint density at radius 1 is 1.03 bits per heavy atom. The molecule has 2 N–H and O–H groups in total.